The summed E-state index contributed by atoms with van der Waals surface area (Å²) in [5, 5.41) is 8.93. The van der Waals surface area contributed by atoms with E-state index >= 15 is 0 Å². The molecule has 0 aliphatic rings. The Labute approximate surface area is 156 Å². The van der Waals surface area contributed by atoms with E-state index in [9.17, 15) is 14.2 Å². The fourth-order valence-electron chi connectivity index (χ4n) is 2.72. The molecular weight excluding hydrogens is 359 g/mol. The second-order valence-corrected chi connectivity index (χ2v) is 8.52. The number of carbonyl (C=O) groups is 2. The molecule has 0 aromatic heterocycles. The summed E-state index contributed by atoms with van der Waals surface area (Å²) in [6.45, 7) is 2.52. The van der Waals surface area contributed by atoms with Gasteiger partial charge in [-0.1, -0.05) is 64.7 Å². The van der Waals surface area contributed by atoms with Gasteiger partial charge in [0.15, 0.2) is 0 Å². The number of rotatable bonds is 17. The highest BCUT2D eigenvalue weighted by molar-refractivity contribution is 7.51. The Kier molecular flexibility index (Phi) is 14.6. The normalized spacial score (nSPS) is 12.7. The van der Waals surface area contributed by atoms with Crippen LogP contribution < -0.4 is 0 Å². The maximum atomic E-state index is 11.6. The molecule has 154 valence electrons. The van der Waals surface area contributed by atoms with Crippen molar-refractivity contribution in [1.82, 2.24) is 0 Å². The van der Waals surface area contributed by atoms with Crippen molar-refractivity contribution >= 4 is 19.5 Å². The van der Waals surface area contributed by atoms with Crippen LogP contribution in [0.2, 0.25) is 0 Å². The molecule has 0 saturated carbocycles. The summed E-state index contributed by atoms with van der Waals surface area (Å²) in [6.07, 6.45) is 10.8. The van der Waals surface area contributed by atoms with Crippen molar-refractivity contribution in [3.05, 3.63) is 0 Å². The number of hydrogen-bond donors (Lipinski definition) is 3. The Morgan fingerprint density at radius 3 is 1.88 bits per heavy atom. The van der Waals surface area contributed by atoms with Crippen LogP contribution in [0.3, 0.4) is 0 Å². The molecule has 1 atom stereocenters. The molecule has 0 spiro atoms. The van der Waals surface area contributed by atoms with E-state index in [2.05, 4.69) is 6.92 Å². The number of carboxylic acid groups (broad SMARTS) is 1. The Bertz CT molecular complexity index is 433. The molecule has 0 heterocycles. The zero-order valence-electron chi connectivity index (χ0n) is 15.9. The molecule has 0 unspecified atom stereocenters. The van der Waals surface area contributed by atoms with E-state index in [0.29, 0.717) is 6.61 Å². The maximum Gasteiger partial charge on any atom is 0.326 e. The summed E-state index contributed by atoms with van der Waals surface area (Å²) in [6, 6.07) is 0. The van der Waals surface area contributed by atoms with E-state index in [1.807, 2.05) is 0 Å². The molecule has 0 saturated heterocycles. The topological polar surface area (TPSA) is 121 Å². The highest BCUT2D eigenvalue weighted by Gasteiger charge is 2.27. The van der Waals surface area contributed by atoms with Crippen molar-refractivity contribution in [2.45, 2.75) is 84.0 Å². The molecule has 0 radical (unpaired) electrons. The number of carbonyl (C=O) groups excluding carboxylic acids is 1. The fourth-order valence-corrected chi connectivity index (χ4v) is 3.63. The average molecular weight is 394 g/mol. The monoisotopic (exact) mass is 394 g/mol. The summed E-state index contributed by atoms with van der Waals surface area (Å²) < 4.78 is 15.9. The third-order valence-corrected chi connectivity index (χ3v) is 5.18. The first-order valence-electron chi connectivity index (χ1n) is 9.69. The van der Waals surface area contributed by atoms with Crippen molar-refractivity contribution < 1.29 is 33.8 Å². The highest BCUT2D eigenvalue weighted by Crippen LogP contribution is 2.38. The number of hydrogen-bond acceptors (Lipinski definition) is 4. The standard InChI is InChI=1S/C18H35O7P/c1-2-3-4-5-6-7-8-9-10-11-14-25-17(19)13-12-16(18(20)21)15-26(22,23)24/h16H,2-15H2,1H3,(H,20,21)(H2,22,23,24)/t16-/m0/s1. The lowest BCUT2D eigenvalue weighted by Gasteiger charge is -2.12. The van der Waals surface area contributed by atoms with Gasteiger partial charge in [-0.3, -0.25) is 14.2 Å². The first kappa shape index (κ1) is 25.1. The van der Waals surface area contributed by atoms with Gasteiger partial charge < -0.3 is 19.6 Å². The Morgan fingerprint density at radius 1 is 0.923 bits per heavy atom. The number of aliphatic carboxylic acids is 1. The zero-order chi connectivity index (χ0) is 19.8. The minimum absolute atomic E-state index is 0.128. The van der Waals surface area contributed by atoms with Crippen LogP contribution in [0.1, 0.15) is 84.0 Å². The van der Waals surface area contributed by atoms with Crippen LogP contribution in [0.15, 0.2) is 0 Å². The van der Waals surface area contributed by atoms with E-state index < -0.39 is 31.6 Å². The van der Waals surface area contributed by atoms with Crippen molar-refractivity contribution in [3.8, 4) is 0 Å². The molecule has 7 nitrogen and oxygen atoms in total. The molecule has 0 aliphatic carbocycles. The van der Waals surface area contributed by atoms with Gasteiger partial charge in [0.05, 0.1) is 18.7 Å². The molecule has 0 rings (SSSR count). The summed E-state index contributed by atoms with van der Waals surface area (Å²) in [4.78, 5) is 40.2. The van der Waals surface area contributed by atoms with Crippen molar-refractivity contribution in [1.29, 1.82) is 0 Å². The first-order valence-corrected chi connectivity index (χ1v) is 11.5. The SMILES string of the molecule is CCCCCCCCCCCCOC(=O)CC[C@@H](CP(=O)(O)O)C(=O)O. The van der Waals surface area contributed by atoms with Gasteiger partial charge in [0.1, 0.15) is 0 Å². The molecule has 0 aromatic carbocycles. The van der Waals surface area contributed by atoms with Gasteiger partial charge in [-0.25, -0.2) is 0 Å². The predicted octanol–water partition coefficient (Wildman–Crippen LogP) is 4.11. The molecular formula is C18H35O7P. The van der Waals surface area contributed by atoms with Gasteiger partial charge in [0.2, 0.25) is 0 Å². The molecule has 3 N–H and O–H groups in total. The van der Waals surface area contributed by atoms with Crippen LogP contribution in [0.25, 0.3) is 0 Å². The summed E-state index contributed by atoms with van der Waals surface area (Å²) >= 11 is 0. The number of ether oxygens (including phenoxy) is 1. The lowest BCUT2D eigenvalue weighted by atomic mass is 10.1. The van der Waals surface area contributed by atoms with Crippen LogP contribution in [0.4, 0.5) is 0 Å². The van der Waals surface area contributed by atoms with Crippen LogP contribution in [0, 0.1) is 5.92 Å². The first-order chi connectivity index (χ1) is 12.3. The lowest BCUT2D eigenvalue weighted by molar-refractivity contribution is -0.145. The number of carboxylic acids is 1. The molecule has 0 amide bonds. The minimum Gasteiger partial charge on any atom is -0.481 e. The largest absolute Gasteiger partial charge is 0.481 e. The number of unbranched alkanes of at least 4 members (excludes halogenated alkanes) is 9. The molecule has 0 bridgehead atoms. The number of esters is 1. The molecule has 0 fully saturated rings. The van der Waals surface area contributed by atoms with E-state index in [1.165, 1.54) is 44.9 Å². The van der Waals surface area contributed by atoms with Crippen LogP contribution >= 0.6 is 7.60 Å². The average Bonchev–Trinajstić information content (AvgIpc) is 2.55. The third kappa shape index (κ3) is 16.6. The second kappa shape index (κ2) is 15.2. The van der Waals surface area contributed by atoms with Crippen molar-refractivity contribution in [3.63, 3.8) is 0 Å². The minimum atomic E-state index is -4.42. The summed E-state index contributed by atoms with van der Waals surface area (Å²) in [7, 11) is -4.42. The summed E-state index contributed by atoms with van der Waals surface area (Å²) in [5.74, 6) is -3.06. The summed E-state index contributed by atoms with van der Waals surface area (Å²) in [5.41, 5.74) is 0. The van der Waals surface area contributed by atoms with E-state index in [1.54, 1.807) is 0 Å². The Morgan fingerprint density at radius 2 is 1.42 bits per heavy atom. The smallest absolute Gasteiger partial charge is 0.326 e. The van der Waals surface area contributed by atoms with Gasteiger partial charge in [-0.2, -0.15) is 0 Å². The molecule has 0 aromatic rings. The molecule has 8 heteroatoms. The quantitative estimate of drug-likeness (QED) is 0.193. The van der Waals surface area contributed by atoms with Crippen molar-refractivity contribution in [2.75, 3.05) is 12.8 Å². The van der Waals surface area contributed by atoms with Gasteiger partial charge in [-0.05, 0) is 12.8 Å². The Balaban J connectivity index is 3.62. The highest BCUT2D eigenvalue weighted by atomic mass is 31.2. The fraction of sp³-hybridized carbons (Fsp3) is 0.889. The third-order valence-electron chi connectivity index (χ3n) is 4.27. The second-order valence-electron chi connectivity index (χ2n) is 6.82. The Hall–Kier alpha value is -0.910. The maximum absolute atomic E-state index is 11.6. The van der Waals surface area contributed by atoms with E-state index in [4.69, 9.17) is 19.6 Å². The molecule has 26 heavy (non-hydrogen) atoms. The van der Waals surface area contributed by atoms with Crippen LogP contribution in [0.5, 0.6) is 0 Å². The van der Waals surface area contributed by atoms with Gasteiger partial charge in [0.25, 0.3) is 0 Å². The van der Waals surface area contributed by atoms with Gasteiger partial charge in [-0.15, -0.1) is 0 Å². The van der Waals surface area contributed by atoms with Gasteiger partial charge >= 0.3 is 19.5 Å². The van der Waals surface area contributed by atoms with Crippen LogP contribution in [-0.2, 0) is 18.9 Å². The predicted molar refractivity (Wildman–Crippen MR) is 100 cm³/mol. The zero-order valence-corrected chi connectivity index (χ0v) is 16.8. The lowest BCUT2D eigenvalue weighted by Crippen LogP contribution is -2.20. The molecule has 0 aliphatic heterocycles. The van der Waals surface area contributed by atoms with Crippen molar-refractivity contribution in [2.24, 2.45) is 5.92 Å². The van der Waals surface area contributed by atoms with E-state index in [-0.39, 0.29) is 12.8 Å². The van der Waals surface area contributed by atoms with Crippen LogP contribution in [-0.4, -0.2) is 39.6 Å². The van der Waals surface area contributed by atoms with Gasteiger partial charge in [0, 0.05) is 6.42 Å². The van der Waals surface area contributed by atoms with E-state index in [0.717, 1.165) is 19.3 Å².